The summed E-state index contributed by atoms with van der Waals surface area (Å²) in [6, 6.07) is -0.266. The lowest BCUT2D eigenvalue weighted by atomic mass is 9.78. The van der Waals surface area contributed by atoms with Crippen LogP contribution in [0.1, 0.15) is 51.4 Å². The van der Waals surface area contributed by atoms with E-state index < -0.39 is 12.0 Å². The molecule has 112 valence electrons. The van der Waals surface area contributed by atoms with Gasteiger partial charge in [0.25, 0.3) is 0 Å². The SMILES string of the molecule is O=C(O)C1CCCN1C(=O)N1CCCC2CCCCC21. The molecule has 3 rings (SSSR count). The molecule has 5 heteroatoms. The van der Waals surface area contributed by atoms with E-state index in [1.807, 2.05) is 4.90 Å². The molecule has 20 heavy (non-hydrogen) atoms. The first-order valence-corrected chi connectivity index (χ1v) is 7.98. The third kappa shape index (κ3) is 2.38. The number of piperidine rings is 1. The lowest BCUT2D eigenvalue weighted by molar-refractivity contribution is -0.141. The van der Waals surface area contributed by atoms with E-state index in [1.54, 1.807) is 4.90 Å². The molecule has 2 heterocycles. The van der Waals surface area contributed by atoms with Crippen molar-refractivity contribution in [2.24, 2.45) is 5.92 Å². The maximum Gasteiger partial charge on any atom is 0.326 e. The maximum atomic E-state index is 12.8. The van der Waals surface area contributed by atoms with Gasteiger partial charge in [-0.3, -0.25) is 0 Å². The van der Waals surface area contributed by atoms with Crippen molar-refractivity contribution >= 4 is 12.0 Å². The van der Waals surface area contributed by atoms with E-state index in [-0.39, 0.29) is 6.03 Å². The van der Waals surface area contributed by atoms with Crippen molar-refractivity contribution < 1.29 is 14.7 Å². The minimum Gasteiger partial charge on any atom is -0.480 e. The van der Waals surface area contributed by atoms with Gasteiger partial charge in [0, 0.05) is 19.1 Å². The zero-order valence-electron chi connectivity index (χ0n) is 12.0. The summed E-state index contributed by atoms with van der Waals surface area (Å²) in [6.07, 6.45) is 8.53. The van der Waals surface area contributed by atoms with Crippen LogP contribution in [-0.4, -0.2) is 52.1 Å². The number of fused-ring (bicyclic) bond motifs is 1. The summed E-state index contributed by atoms with van der Waals surface area (Å²) in [4.78, 5) is 27.6. The first-order chi connectivity index (χ1) is 9.68. The highest BCUT2D eigenvalue weighted by molar-refractivity contribution is 5.83. The second-order valence-electron chi connectivity index (χ2n) is 6.42. The summed E-state index contributed by atoms with van der Waals surface area (Å²) < 4.78 is 0. The van der Waals surface area contributed by atoms with Gasteiger partial charge in [-0.25, -0.2) is 9.59 Å². The maximum absolute atomic E-state index is 12.8. The third-order valence-electron chi connectivity index (χ3n) is 5.27. The first kappa shape index (κ1) is 13.7. The lowest BCUT2D eigenvalue weighted by Crippen LogP contribution is -2.56. The van der Waals surface area contributed by atoms with Crippen molar-refractivity contribution in [3.63, 3.8) is 0 Å². The molecule has 0 spiro atoms. The van der Waals surface area contributed by atoms with Crippen molar-refractivity contribution in [2.75, 3.05) is 13.1 Å². The van der Waals surface area contributed by atoms with Crippen LogP contribution in [0.3, 0.4) is 0 Å². The highest BCUT2D eigenvalue weighted by atomic mass is 16.4. The standard InChI is InChI=1S/C15H24N2O3/c18-14(19)13-8-4-10-17(13)15(20)16-9-3-6-11-5-1-2-7-12(11)16/h11-13H,1-10H2,(H,18,19). The fraction of sp³-hybridized carbons (Fsp3) is 0.867. The Labute approximate surface area is 119 Å². The number of carbonyl (C=O) groups is 2. The number of amides is 2. The molecular formula is C15H24N2O3. The summed E-state index contributed by atoms with van der Waals surface area (Å²) in [7, 11) is 0. The predicted molar refractivity (Wildman–Crippen MR) is 74.4 cm³/mol. The van der Waals surface area contributed by atoms with Crippen LogP contribution in [0.4, 0.5) is 4.79 Å². The van der Waals surface area contributed by atoms with Gasteiger partial charge in [0.15, 0.2) is 0 Å². The van der Waals surface area contributed by atoms with E-state index in [0.717, 1.165) is 25.8 Å². The second-order valence-corrected chi connectivity index (χ2v) is 6.42. The van der Waals surface area contributed by atoms with Gasteiger partial charge < -0.3 is 14.9 Å². The number of aliphatic carboxylic acids is 1. The quantitative estimate of drug-likeness (QED) is 0.801. The van der Waals surface area contributed by atoms with Crippen molar-refractivity contribution in [2.45, 2.75) is 63.5 Å². The zero-order valence-corrected chi connectivity index (χ0v) is 12.0. The highest BCUT2D eigenvalue weighted by Gasteiger charge is 2.41. The summed E-state index contributed by atoms with van der Waals surface area (Å²) in [6.45, 7) is 1.41. The third-order valence-corrected chi connectivity index (χ3v) is 5.27. The number of likely N-dealkylation sites (tertiary alicyclic amines) is 2. The van der Waals surface area contributed by atoms with E-state index in [2.05, 4.69) is 0 Å². The van der Waals surface area contributed by atoms with Gasteiger partial charge in [-0.05, 0) is 44.4 Å². The molecule has 1 saturated carbocycles. The average molecular weight is 280 g/mol. The fourth-order valence-electron chi connectivity index (χ4n) is 4.28. The molecule has 5 nitrogen and oxygen atoms in total. The minimum absolute atomic E-state index is 0.0218. The van der Waals surface area contributed by atoms with E-state index >= 15 is 0 Å². The fourth-order valence-corrected chi connectivity index (χ4v) is 4.28. The Hall–Kier alpha value is -1.26. The largest absolute Gasteiger partial charge is 0.480 e. The predicted octanol–water partition coefficient (Wildman–Crippen LogP) is 2.31. The van der Waals surface area contributed by atoms with Gasteiger partial charge in [-0.1, -0.05) is 12.8 Å². The van der Waals surface area contributed by atoms with Crippen LogP contribution < -0.4 is 0 Å². The lowest BCUT2D eigenvalue weighted by Gasteiger charge is -2.45. The second kappa shape index (κ2) is 5.62. The van der Waals surface area contributed by atoms with Crippen LogP contribution in [0.15, 0.2) is 0 Å². The number of urea groups is 1. The zero-order chi connectivity index (χ0) is 14.1. The normalized spacial score (nSPS) is 33.9. The highest BCUT2D eigenvalue weighted by Crippen LogP contribution is 2.36. The number of hydrogen-bond acceptors (Lipinski definition) is 2. The average Bonchev–Trinajstić information content (AvgIpc) is 2.95. The molecule has 1 N–H and O–H groups in total. The first-order valence-electron chi connectivity index (χ1n) is 7.98. The number of rotatable bonds is 1. The smallest absolute Gasteiger partial charge is 0.326 e. The Bertz CT molecular complexity index is 397. The van der Waals surface area contributed by atoms with Gasteiger partial charge in [0.1, 0.15) is 6.04 Å². The molecule has 3 atom stereocenters. The van der Waals surface area contributed by atoms with Crippen molar-refractivity contribution in [1.82, 2.24) is 9.80 Å². The van der Waals surface area contributed by atoms with Gasteiger partial charge in [0.2, 0.25) is 0 Å². The molecule has 2 amide bonds. The number of carboxylic acid groups (broad SMARTS) is 1. The summed E-state index contributed by atoms with van der Waals surface area (Å²) >= 11 is 0. The minimum atomic E-state index is -0.854. The summed E-state index contributed by atoms with van der Waals surface area (Å²) in [5.41, 5.74) is 0. The molecule has 1 aliphatic carbocycles. The monoisotopic (exact) mass is 280 g/mol. The van der Waals surface area contributed by atoms with E-state index in [0.29, 0.717) is 24.9 Å². The molecule has 0 radical (unpaired) electrons. The van der Waals surface area contributed by atoms with Gasteiger partial charge in [-0.2, -0.15) is 0 Å². The number of hydrogen-bond donors (Lipinski definition) is 1. The Morgan fingerprint density at radius 3 is 2.30 bits per heavy atom. The van der Waals surface area contributed by atoms with Crippen LogP contribution in [0.2, 0.25) is 0 Å². The molecule has 3 unspecified atom stereocenters. The molecule has 0 bridgehead atoms. The van der Waals surface area contributed by atoms with Crippen molar-refractivity contribution in [3.05, 3.63) is 0 Å². The Kier molecular flexibility index (Phi) is 3.85. The van der Waals surface area contributed by atoms with Crippen LogP contribution in [0.5, 0.6) is 0 Å². The molecule has 0 aromatic heterocycles. The van der Waals surface area contributed by atoms with Crippen LogP contribution >= 0.6 is 0 Å². The van der Waals surface area contributed by atoms with Crippen molar-refractivity contribution in [3.8, 4) is 0 Å². The molecule has 2 saturated heterocycles. The van der Waals surface area contributed by atoms with Gasteiger partial charge in [-0.15, -0.1) is 0 Å². The van der Waals surface area contributed by atoms with Crippen LogP contribution in [0, 0.1) is 5.92 Å². The Morgan fingerprint density at radius 1 is 0.850 bits per heavy atom. The number of carbonyl (C=O) groups excluding carboxylic acids is 1. The van der Waals surface area contributed by atoms with E-state index in [9.17, 15) is 14.7 Å². The molecule has 0 aromatic rings. The topological polar surface area (TPSA) is 60.9 Å². The van der Waals surface area contributed by atoms with Crippen LogP contribution in [-0.2, 0) is 4.79 Å². The summed E-state index contributed by atoms with van der Waals surface area (Å²) in [5.74, 6) is -0.208. The van der Waals surface area contributed by atoms with Gasteiger partial charge in [0.05, 0.1) is 0 Å². The van der Waals surface area contributed by atoms with Crippen LogP contribution in [0.25, 0.3) is 0 Å². The number of carboxylic acids is 1. The summed E-state index contributed by atoms with van der Waals surface area (Å²) in [5, 5.41) is 9.25. The molecule has 2 aliphatic heterocycles. The molecule has 3 fully saturated rings. The van der Waals surface area contributed by atoms with E-state index in [1.165, 1.54) is 25.7 Å². The number of nitrogens with zero attached hydrogens (tertiary/aromatic N) is 2. The van der Waals surface area contributed by atoms with Crippen molar-refractivity contribution in [1.29, 1.82) is 0 Å². The van der Waals surface area contributed by atoms with E-state index in [4.69, 9.17) is 0 Å². The molecule has 0 aromatic carbocycles. The Morgan fingerprint density at radius 2 is 1.50 bits per heavy atom. The molecule has 3 aliphatic rings. The Balaban J connectivity index is 1.73. The van der Waals surface area contributed by atoms with Gasteiger partial charge >= 0.3 is 12.0 Å². The molecular weight excluding hydrogens is 256 g/mol.